The molecule has 0 aliphatic carbocycles. The van der Waals surface area contributed by atoms with Gasteiger partial charge in [-0.15, -0.1) is 0 Å². The summed E-state index contributed by atoms with van der Waals surface area (Å²) < 4.78 is 24.7. The van der Waals surface area contributed by atoms with Crippen LogP contribution in [0.5, 0.6) is 5.75 Å². The average molecular weight is 655 g/mol. The number of rotatable bonds is 4. The molecule has 47 heavy (non-hydrogen) atoms. The molecule has 5 heterocycles. The molecule has 2 unspecified atom stereocenters. The molecule has 1 saturated heterocycles. The molecule has 2 aliphatic rings. The second kappa shape index (κ2) is 11.5. The number of aromatic amines is 1. The van der Waals surface area contributed by atoms with Crippen molar-refractivity contribution in [2.45, 2.75) is 59.0 Å². The second-order valence-corrected chi connectivity index (χ2v) is 13.2. The van der Waals surface area contributed by atoms with Gasteiger partial charge in [-0.1, -0.05) is 38.1 Å². The van der Waals surface area contributed by atoms with Crippen LogP contribution in [0.15, 0.2) is 54.2 Å². The van der Waals surface area contributed by atoms with E-state index in [4.69, 9.17) is 21.3 Å². The van der Waals surface area contributed by atoms with Crippen LogP contribution < -0.4 is 15.2 Å². The highest BCUT2D eigenvalue weighted by molar-refractivity contribution is 6.39. The lowest BCUT2D eigenvalue weighted by Crippen LogP contribution is -2.59. The van der Waals surface area contributed by atoms with Crippen LogP contribution in [0.2, 0.25) is 5.02 Å². The van der Waals surface area contributed by atoms with E-state index in [0.29, 0.717) is 58.6 Å². The maximum Gasteiger partial charge on any atom is 0.300 e. The van der Waals surface area contributed by atoms with Gasteiger partial charge in [0.15, 0.2) is 0 Å². The topological polar surface area (TPSA) is 96.3 Å². The molecule has 9 nitrogen and oxygen atoms in total. The van der Waals surface area contributed by atoms with Crippen molar-refractivity contribution >= 4 is 45.1 Å². The summed E-state index contributed by atoms with van der Waals surface area (Å²) in [4.78, 5) is 43.9. The summed E-state index contributed by atoms with van der Waals surface area (Å²) in [5.41, 5.74) is 5.37. The number of anilines is 1. The molecule has 1 amide bonds. The quantitative estimate of drug-likeness (QED) is 0.213. The Morgan fingerprint density at radius 3 is 2.68 bits per heavy atom. The smallest absolute Gasteiger partial charge is 0.300 e. The molecule has 2 aliphatic heterocycles. The highest BCUT2D eigenvalue weighted by Gasteiger charge is 2.39. The van der Waals surface area contributed by atoms with Gasteiger partial charge in [0.2, 0.25) is 11.7 Å². The molecule has 1 N–H and O–H groups in total. The van der Waals surface area contributed by atoms with Gasteiger partial charge in [0.1, 0.15) is 5.82 Å². The van der Waals surface area contributed by atoms with Crippen molar-refractivity contribution in [1.82, 2.24) is 24.4 Å². The minimum atomic E-state index is -0.546. The zero-order chi connectivity index (χ0) is 33.3. The van der Waals surface area contributed by atoms with Crippen LogP contribution >= 0.6 is 11.6 Å². The van der Waals surface area contributed by atoms with Crippen molar-refractivity contribution in [3.63, 3.8) is 0 Å². The molecule has 2 aromatic carbocycles. The largest absolute Gasteiger partial charge is 0.486 e. The van der Waals surface area contributed by atoms with Gasteiger partial charge < -0.3 is 19.5 Å². The van der Waals surface area contributed by atoms with E-state index in [1.807, 2.05) is 52.8 Å². The number of H-pyrrole nitrogens is 1. The van der Waals surface area contributed by atoms with Crippen LogP contribution in [-0.4, -0.2) is 62.1 Å². The lowest BCUT2D eigenvalue weighted by atomic mass is 9.95. The van der Waals surface area contributed by atoms with E-state index < -0.39 is 11.4 Å². The lowest BCUT2D eigenvalue weighted by molar-refractivity contribution is -0.128. The van der Waals surface area contributed by atoms with Gasteiger partial charge in [-0.25, -0.2) is 9.37 Å². The first-order valence-electron chi connectivity index (χ1n) is 15.9. The molecule has 0 spiro atoms. The lowest BCUT2D eigenvalue weighted by Gasteiger charge is -2.45. The summed E-state index contributed by atoms with van der Waals surface area (Å²) in [6.07, 6.45) is 5.18. The Balaban J connectivity index is 1.62. The van der Waals surface area contributed by atoms with Crippen LogP contribution in [0.3, 0.4) is 0 Å². The zero-order valence-electron chi connectivity index (χ0n) is 27.0. The van der Waals surface area contributed by atoms with Gasteiger partial charge in [0.05, 0.1) is 57.6 Å². The van der Waals surface area contributed by atoms with Gasteiger partial charge >= 0.3 is 0 Å². The van der Waals surface area contributed by atoms with E-state index in [9.17, 15) is 9.59 Å². The summed E-state index contributed by atoms with van der Waals surface area (Å²) in [5, 5.41) is 0.532. The fourth-order valence-electron chi connectivity index (χ4n) is 7.28. The number of halogens is 2. The highest BCUT2D eigenvalue weighted by atomic mass is 35.5. The van der Waals surface area contributed by atoms with Crippen molar-refractivity contribution in [2.75, 3.05) is 24.6 Å². The summed E-state index contributed by atoms with van der Waals surface area (Å²) in [6, 6.07) is 6.73. The van der Waals surface area contributed by atoms with Crippen molar-refractivity contribution in [3.8, 4) is 22.6 Å². The summed E-state index contributed by atoms with van der Waals surface area (Å²) in [6.45, 7) is 14.6. The SMILES string of the molecule is C=CC(=O)N1CC2CCOc3c(c4cc(F)c(-c5c(C)ccc6[nH]cnc56)c(Cl)c4n(-c4c(C)ccnc4C(C)C)c3=O)N2CC1C. The number of amides is 1. The first-order valence-corrected chi connectivity index (χ1v) is 16.2. The first kappa shape index (κ1) is 30.9. The fourth-order valence-corrected chi connectivity index (χ4v) is 7.65. The van der Waals surface area contributed by atoms with E-state index in [0.717, 1.165) is 16.6 Å². The number of carbonyl (C=O) groups excluding carboxylic acids is 1. The number of hydrogen-bond acceptors (Lipinski definition) is 6. The van der Waals surface area contributed by atoms with Gasteiger partial charge in [-0.05, 0) is 62.1 Å². The third kappa shape index (κ3) is 4.72. The number of benzene rings is 2. The molecular formula is C36H36ClFN6O3. The molecule has 7 rings (SSSR count). The maximum atomic E-state index is 16.8. The standard InChI is InChI=1S/C36H36ClFN6O3/c1-7-26(45)42-16-22-11-13-47-35-34(43(22)15-21(42)6)23-14-24(38)28(27-19(4)8-9-25-31(27)41-17-40-25)29(37)33(23)44(36(35)46)32-20(5)10-12-39-30(32)18(2)3/h7-10,12,14,17-18,21-22H,1,11,13,15-16H2,2-6H3,(H,40,41). The van der Waals surface area contributed by atoms with Crippen molar-refractivity contribution in [1.29, 1.82) is 0 Å². The summed E-state index contributed by atoms with van der Waals surface area (Å²) >= 11 is 7.42. The molecule has 0 saturated carbocycles. The number of aromatic nitrogens is 4. The molecule has 5 aromatic rings. The number of nitrogens with one attached hydrogen (secondary N) is 1. The summed E-state index contributed by atoms with van der Waals surface area (Å²) in [7, 11) is 0. The van der Waals surface area contributed by atoms with Gasteiger partial charge in [0.25, 0.3) is 5.56 Å². The van der Waals surface area contributed by atoms with Gasteiger partial charge in [0, 0.05) is 48.3 Å². The van der Waals surface area contributed by atoms with E-state index in [1.165, 1.54) is 12.1 Å². The molecule has 0 bridgehead atoms. The Morgan fingerprint density at radius 1 is 1.15 bits per heavy atom. The predicted octanol–water partition coefficient (Wildman–Crippen LogP) is 6.84. The first-order chi connectivity index (χ1) is 22.5. The molecule has 1 fully saturated rings. The molecule has 3 aromatic heterocycles. The predicted molar refractivity (Wildman–Crippen MR) is 184 cm³/mol. The fraction of sp³-hybridized carbons (Fsp3) is 0.333. The van der Waals surface area contributed by atoms with E-state index in [2.05, 4.69) is 21.4 Å². The maximum absolute atomic E-state index is 16.8. The third-order valence-electron chi connectivity index (χ3n) is 9.54. The van der Waals surface area contributed by atoms with Crippen molar-refractivity contribution in [3.05, 3.63) is 87.5 Å². The number of ether oxygens (including phenoxy) is 1. The number of pyridine rings is 2. The van der Waals surface area contributed by atoms with E-state index in [-0.39, 0.29) is 46.9 Å². The normalized spacial score (nSPS) is 17.9. The van der Waals surface area contributed by atoms with E-state index in [1.54, 1.807) is 22.0 Å². The minimum Gasteiger partial charge on any atom is -0.486 e. The number of fused-ring (bicyclic) bond motifs is 6. The Kier molecular flexibility index (Phi) is 7.58. The Labute approximate surface area is 276 Å². The molecule has 2 atom stereocenters. The molecular weight excluding hydrogens is 619 g/mol. The van der Waals surface area contributed by atoms with Crippen LogP contribution in [0.25, 0.3) is 38.8 Å². The summed E-state index contributed by atoms with van der Waals surface area (Å²) in [5.74, 6) is -0.610. The zero-order valence-corrected chi connectivity index (χ0v) is 27.8. The minimum absolute atomic E-state index is 0.0361. The van der Waals surface area contributed by atoms with Crippen LogP contribution in [-0.2, 0) is 4.79 Å². The van der Waals surface area contributed by atoms with Crippen LogP contribution in [0.4, 0.5) is 10.1 Å². The number of hydrogen-bond donors (Lipinski definition) is 1. The second-order valence-electron chi connectivity index (χ2n) is 12.8. The van der Waals surface area contributed by atoms with Crippen molar-refractivity contribution < 1.29 is 13.9 Å². The molecule has 242 valence electrons. The molecule has 11 heteroatoms. The number of imidazole rings is 1. The van der Waals surface area contributed by atoms with Crippen LogP contribution in [0.1, 0.15) is 49.9 Å². The van der Waals surface area contributed by atoms with Crippen LogP contribution in [0, 0.1) is 19.7 Å². The highest BCUT2D eigenvalue weighted by Crippen LogP contribution is 2.47. The van der Waals surface area contributed by atoms with Gasteiger partial charge in [-0.3, -0.25) is 19.1 Å². The number of piperazine rings is 1. The number of aryl methyl sites for hydroxylation is 2. The van der Waals surface area contributed by atoms with Crippen molar-refractivity contribution in [2.24, 2.45) is 0 Å². The van der Waals surface area contributed by atoms with E-state index >= 15 is 4.39 Å². The Morgan fingerprint density at radius 2 is 1.94 bits per heavy atom. The number of nitrogens with zero attached hydrogens (tertiary/aromatic N) is 5. The Bertz CT molecular complexity index is 2170. The monoisotopic (exact) mass is 654 g/mol. The average Bonchev–Trinajstić information content (AvgIpc) is 3.44. The van der Waals surface area contributed by atoms with Gasteiger partial charge in [-0.2, -0.15) is 0 Å². The Hall–Kier alpha value is -4.70. The molecule has 0 radical (unpaired) electrons. The third-order valence-corrected chi connectivity index (χ3v) is 9.91. The number of carbonyl (C=O) groups is 1.